The van der Waals surface area contributed by atoms with E-state index < -0.39 is 0 Å². The highest BCUT2D eigenvalue weighted by Gasteiger charge is 2.30. The fraction of sp³-hybridized carbons (Fsp3) is 0.600. The summed E-state index contributed by atoms with van der Waals surface area (Å²) in [4.78, 5) is 18.6. The molecule has 2 N–H and O–H groups in total. The lowest BCUT2D eigenvalue weighted by Crippen LogP contribution is -2.46. The van der Waals surface area contributed by atoms with E-state index in [-0.39, 0.29) is 11.9 Å². The van der Waals surface area contributed by atoms with Crippen molar-refractivity contribution in [3.8, 4) is 0 Å². The van der Waals surface area contributed by atoms with Crippen LogP contribution in [0, 0.1) is 12.8 Å². The van der Waals surface area contributed by atoms with E-state index in [0.29, 0.717) is 18.2 Å². The number of carbonyl (C=O) groups is 1. The van der Waals surface area contributed by atoms with Crippen molar-refractivity contribution in [2.45, 2.75) is 38.6 Å². The van der Waals surface area contributed by atoms with Crippen molar-refractivity contribution >= 4 is 5.91 Å². The van der Waals surface area contributed by atoms with Crippen LogP contribution in [0.5, 0.6) is 0 Å². The molecule has 0 aliphatic heterocycles. The van der Waals surface area contributed by atoms with Gasteiger partial charge in [-0.3, -0.25) is 4.79 Å². The van der Waals surface area contributed by atoms with Gasteiger partial charge in [-0.1, -0.05) is 18.9 Å². The lowest BCUT2D eigenvalue weighted by molar-refractivity contribution is 0.0614. The van der Waals surface area contributed by atoms with Gasteiger partial charge in [0.15, 0.2) is 0 Å². The molecular formula is C15H23N3O. The minimum absolute atomic E-state index is 0.00838. The Morgan fingerprint density at radius 3 is 2.84 bits per heavy atom. The molecule has 4 heteroatoms. The van der Waals surface area contributed by atoms with E-state index in [1.807, 2.05) is 31.0 Å². The van der Waals surface area contributed by atoms with E-state index in [4.69, 9.17) is 5.73 Å². The highest BCUT2D eigenvalue weighted by molar-refractivity contribution is 5.92. The maximum Gasteiger partial charge on any atom is 0.272 e. The number of aryl methyl sites for hydroxylation is 1. The topological polar surface area (TPSA) is 59.2 Å². The Balaban J connectivity index is 2.13. The molecule has 0 radical (unpaired) electrons. The minimum atomic E-state index is 0.00838. The zero-order chi connectivity index (χ0) is 13.8. The van der Waals surface area contributed by atoms with Crippen LogP contribution in [0.2, 0.25) is 0 Å². The molecule has 0 bridgehead atoms. The van der Waals surface area contributed by atoms with E-state index in [0.717, 1.165) is 18.5 Å². The van der Waals surface area contributed by atoms with E-state index in [9.17, 15) is 4.79 Å². The van der Waals surface area contributed by atoms with Crippen LogP contribution in [-0.4, -0.2) is 35.4 Å². The molecular weight excluding hydrogens is 238 g/mol. The number of aromatic nitrogens is 1. The predicted octanol–water partition coefficient (Wildman–Crippen LogP) is 1.98. The van der Waals surface area contributed by atoms with Gasteiger partial charge in [0.1, 0.15) is 5.69 Å². The number of carbonyl (C=O) groups excluding carboxylic acids is 1. The summed E-state index contributed by atoms with van der Waals surface area (Å²) in [5, 5.41) is 0. The Kier molecular flexibility index (Phi) is 4.53. The average Bonchev–Trinajstić information content (AvgIpc) is 2.45. The van der Waals surface area contributed by atoms with Crippen LogP contribution in [0.4, 0.5) is 0 Å². The molecule has 1 aliphatic rings. The smallest absolute Gasteiger partial charge is 0.272 e. The number of hydrogen-bond acceptors (Lipinski definition) is 3. The monoisotopic (exact) mass is 261 g/mol. The Hall–Kier alpha value is -1.42. The van der Waals surface area contributed by atoms with Gasteiger partial charge in [-0.05, 0) is 44.4 Å². The molecule has 2 rings (SSSR count). The normalized spacial score (nSPS) is 23.1. The van der Waals surface area contributed by atoms with E-state index in [1.165, 1.54) is 12.8 Å². The molecule has 1 heterocycles. The standard InChI is InChI=1S/C15H23N3O/c1-11-6-5-8-13(17-11)15(19)18(2)14-9-4-3-7-12(14)10-16/h5-6,8,12,14H,3-4,7,9-10,16H2,1-2H3. The van der Waals surface area contributed by atoms with Gasteiger partial charge in [0.2, 0.25) is 0 Å². The second-order valence-electron chi connectivity index (χ2n) is 5.43. The predicted molar refractivity (Wildman–Crippen MR) is 75.9 cm³/mol. The molecule has 0 aromatic carbocycles. The maximum absolute atomic E-state index is 12.5. The number of amides is 1. The van der Waals surface area contributed by atoms with Crippen LogP contribution in [0.25, 0.3) is 0 Å². The number of rotatable bonds is 3. The molecule has 1 fully saturated rings. The zero-order valence-corrected chi connectivity index (χ0v) is 11.8. The summed E-state index contributed by atoms with van der Waals surface area (Å²) in [5.74, 6) is 0.432. The molecule has 1 aliphatic carbocycles. The first kappa shape index (κ1) is 14.0. The van der Waals surface area contributed by atoms with E-state index in [1.54, 1.807) is 6.07 Å². The SMILES string of the molecule is Cc1cccc(C(=O)N(C)C2CCCCC2CN)n1. The second-order valence-corrected chi connectivity index (χ2v) is 5.43. The maximum atomic E-state index is 12.5. The van der Waals surface area contributed by atoms with E-state index in [2.05, 4.69) is 4.98 Å². The number of nitrogens with zero attached hydrogens (tertiary/aromatic N) is 2. The third-order valence-electron chi connectivity index (χ3n) is 4.10. The third kappa shape index (κ3) is 3.13. The van der Waals surface area contributed by atoms with Crippen molar-refractivity contribution in [2.75, 3.05) is 13.6 Å². The molecule has 1 aromatic rings. The number of nitrogens with two attached hydrogens (primary N) is 1. The van der Waals surface area contributed by atoms with Crippen LogP contribution in [0.15, 0.2) is 18.2 Å². The molecule has 104 valence electrons. The van der Waals surface area contributed by atoms with Crippen molar-refractivity contribution in [3.05, 3.63) is 29.6 Å². The van der Waals surface area contributed by atoms with Gasteiger partial charge in [0.05, 0.1) is 0 Å². The summed E-state index contributed by atoms with van der Waals surface area (Å²) in [6.07, 6.45) is 4.58. The third-order valence-corrected chi connectivity index (χ3v) is 4.10. The number of pyridine rings is 1. The summed E-state index contributed by atoms with van der Waals surface area (Å²) in [6.45, 7) is 2.56. The molecule has 0 saturated heterocycles. The summed E-state index contributed by atoms with van der Waals surface area (Å²) >= 11 is 0. The first-order valence-electron chi connectivity index (χ1n) is 7.04. The van der Waals surface area contributed by atoms with E-state index >= 15 is 0 Å². The first-order valence-corrected chi connectivity index (χ1v) is 7.04. The molecule has 4 nitrogen and oxygen atoms in total. The molecule has 1 aromatic heterocycles. The highest BCUT2D eigenvalue weighted by Crippen LogP contribution is 2.27. The fourth-order valence-electron chi connectivity index (χ4n) is 2.97. The molecule has 2 atom stereocenters. The van der Waals surface area contributed by atoms with Gasteiger partial charge in [0.25, 0.3) is 5.91 Å². The second kappa shape index (κ2) is 6.15. The lowest BCUT2D eigenvalue weighted by Gasteiger charge is -2.37. The van der Waals surface area contributed by atoms with Gasteiger partial charge in [-0.15, -0.1) is 0 Å². The fourth-order valence-corrected chi connectivity index (χ4v) is 2.97. The Labute approximate surface area is 115 Å². The summed E-state index contributed by atoms with van der Waals surface area (Å²) in [5.41, 5.74) is 7.25. The Morgan fingerprint density at radius 2 is 2.16 bits per heavy atom. The van der Waals surface area contributed by atoms with Crippen LogP contribution in [0.1, 0.15) is 41.9 Å². The first-order chi connectivity index (χ1) is 9.13. The summed E-state index contributed by atoms with van der Waals surface area (Å²) < 4.78 is 0. The molecule has 2 unspecified atom stereocenters. The van der Waals surface area contributed by atoms with Crippen molar-refractivity contribution < 1.29 is 4.79 Å². The highest BCUT2D eigenvalue weighted by atomic mass is 16.2. The van der Waals surface area contributed by atoms with Crippen LogP contribution in [0.3, 0.4) is 0 Å². The van der Waals surface area contributed by atoms with Gasteiger partial charge in [-0.2, -0.15) is 0 Å². The van der Waals surface area contributed by atoms with Crippen molar-refractivity contribution in [1.82, 2.24) is 9.88 Å². The van der Waals surface area contributed by atoms with Crippen molar-refractivity contribution in [1.29, 1.82) is 0 Å². The summed E-state index contributed by atoms with van der Waals surface area (Å²) in [7, 11) is 1.88. The molecule has 1 amide bonds. The minimum Gasteiger partial charge on any atom is -0.337 e. The quantitative estimate of drug-likeness (QED) is 0.905. The van der Waals surface area contributed by atoms with Crippen molar-refractivity contribution in [3.63, 3.8) is 0 Å². The molecule has 1 saturated carbocycles. The summed E-state index contributed by atoms with van der Waals surface area (Å²) in [6, 6.07) is 5.82. The Bertz CT molecular complexity index is 447. The zero-order valence-electron chi connectivity index (χ0n) is 11.8. The van der Waals surface area contributed by atoms with Crippen molar-refractivity contribution in [2.24, 2.45) is 11.7 Å². The lowest BCUT2D eigenvalue weighted by atomic mass is 9.83. The molecule has 19 heavy (non-hydrogen) atoms. The average molecular weight is 261 g/mol. The number of hydrogen-bond donors (Lipinski definition) is 1. The Morgan fingerprint density at radius 1 is 1.42 bits per heavy atom. The van der Waals surface area contributed by atoms with Gasteiger partial charge >= 0.3 is 0 Å². The van der Waals surface area contributed by atoms with Gasteiger partial charge in [0, 0.05) is 18.8 Å². The molecule has 0 spiro atoms. The van der Waals surface area contributed by atoms with Crippen LogP contribution in [-0.2, 0) is 0 Å². The van der Waals surface area contributed by atoms with Gasteiger partial charge < -0.3 is 10.6 Å². The van der Waals surface area contributed by atoms with Crippen LogP contribution < -0.4 is 5.73 Å². The largest absolute Gasteiger partial charge is 0.337 e. The van der Waals surface area contributed by atoms with Gasteiger partial charge in [-0.25, -0.2) is 4.98 Å². The van der Waals surface area contributed by atoms with Crippen LogP contribution >= 0.6 is 0 Å².